The average Bonchev–Trinajstić information content (AvgIpc) is 3.07. The fourth-order valence-corrected chi connectivity index (χ4v) is 4.49. The van der Waals surface area contributed by atoms with Gasteiger partial charge in [0.05, 0.1) is 19.1 Å². The van der Waals surface area contributed by atoms with Crippen LogP contribution in [0, 0.1) is 12.8 Å². The molecule has 0 spiro atoms. The van der Waals surface area contributed by atoms with Gasteiger partial charge in [0, 0.05) is 44.0 Å². The number of benzene rings is 2. The average molecular weight is 459 g/mol. The molecular formula is C28H34N4O2. The van der Waals surface area contributed by atoms with Crippen LogP contribution in [0.1, 0.15) is 42.4 Å². The van der Waals surface area contributed by atoms with E-state index in [4.69, 9.17) is 4.74 Å². The number of likely N-dealkylation sites (tertiary alicyclic amines) is 1. The Morgan fingerprint density at radius 2 is 2.09 bits per heavy atom. The highest BCUT2D eigenvalue weighted by Gasteiger charge is 2.20. The van der Waals surface area contributed by atoms with E-state index in [0.29, 0.717) is 18.8 Å². The Morgan fingerprint density at radius 1 is 1.24 bits per heavy atom. The zero-order chi connectivity index (χ0) is 23.8. The highest BCUT2D eigenvalue weighted by Crippen LogP contribution is 2.26. The zero-order valence-corrected chi connectivity index (χ0v) is 20.2. The standard InChI is InChI=1S/C28H34N4O2/c1-21-9-10-24(25-18-29-19-25)16-26(21)31-20-30-17-22-6-5-14-32(15-13-22)28(33)12-11-23-7-3-4-8-27(23)34-2/h3-4,7-10,16,18-20,22H,5-6,11-15,17H2,1-2H3,(H,30,31). The van der Waals surface area contributed by atoms with E-state index in [0.717, 1.165) is 72.6 Å². The van der Waals surface area contributed by atoms with Gasteiger partial charge >= 0.3 is 0 Å². The molecule has 34 heavy (non-hydrogen) atoms. The Balaban J connectivity index is 1.22. The number of methoxy groups -OCH3 is 1. The van der Waals surface area contributed by atoms with Crippen molar-refractivity contribution in [2.24, 2.45) is 15.9 Å². The monoisotopic (exact) mass is 458 g/mol. The second-order valence-electron chi connectivity index (χ2n) is 9.02. The van der Waals surface area contributed by atoms with Gasteiger partial charge in [-0.25, -0.2) is 4.99 Å². The first-order valence-electron chi connectivity index (χ1n) is 12.1. The molecule has 1 atom stereocenters. The SMILES string of the molecule is COc1ccccc1CCC(=O)N1CCCC(CN/C=N\c2cc(C3=CN=C3)ccc2C)CC1. The minimum atomic E-state index is 0.239. The van der Waals surface area contributed by atoms with Gasteiger partial charge in [0.25, 0.3) is 0 Å². The number of hydrogen-bond donors (Lipinski definition) is 1. The molecule has 4 rings (SSSR count). The Morgan fingerprint density at radius 3 is 2.88 bits per heavy atom. The Kier molecular flexibility index (Phi) is 8.12. The van der Waals surface area contributed by atoms with E-state index in [-0.39, 0.29) is 5.91 Å². The van der Waals surface area contributed by atoms with Gasteiger partial charge in [-0.1, -0.05) is 30.3 Å². The van der Waals surface area contributed by atoms with Gasteiger partial charge in [-0.2, -0.15) is 0 Å². The minimum absolute atomic E-state index is 0.239. The maximum absolute atomic E-state index is 12.8. The molecule has 6 heteroatoms. The van der Waals surface area contributed by atoms with Crippen LogP contribution < -0.4 is 10.1 Å². The number of allylic oxidation sites excluding steroid dienone is 1. The summed E-state index contributed by atoms with van der Waals surface area (Å²) < 4.78 is 5.41. The van der Waals surface area contributed by atoms with E-state index in [1.807, 2.05) is 47.9 Å². The molecule has 2 aromatic rings. The molecule has 6 nitrogen and oxygen atoms in total. The van der Waals surface area contributed by atoms with Crippen LogP contribution in [0.15, 0.2) is 58.6 Å². The third kappa shape index (κ3) is 6.13. The van der Waals surface area contributed by atoms with E-state index in [2.05, 4.69) is 40.4 Å². The lowest BCUT2D eigenvalue weighted by atomic mass is 10.0. The van der Waals surface area contributed by atoms with Gasteiger partial charge < -0.3 is 15.0 Å². The number of aliphatic imine (C=N–C) groups is 2. The molecule has 0 radical (unpaired) electrons. The maximum atomic E-state index is 12.8. The quantitative estimate of drug-likeness (QED) is 0.428. The number of carbonyl (C=O) groups excluding carboxylic acids is 1. The lowest BCUT2D eigenvalue weighted by Gasteiger charge is -2.21. The minimum Gasteiger partial charge on any atom is -0.496 e. The third-order valence-corrected chi connectivity index (χ3v) is 6.67. The van der Waals surface area contributed by atoms with Crippen molar-refractivity contribution in [2.75, 3.05) is 26.7 Å². The number of aryl methyl sites for hydroxylation is 2. The Labute approximate surface area is 202 Å². The van der Waals surface area contributed by atoms with Crippen molar-refractivity contribution >= 4 is 29.7 Å². The molecule has 2 aliphatic rings. The Bertz CT molecular complexity index is 1090. The van der Waals surface area contributed by atoms with Crippen LogP contribution in [0.25, 0.3) is 5.57 Å². The number of nitrogens with zero attached hydrogens (tertiary/aromatic N) is 3. The van der Waals surface area contributed by atoms with Crippen LogP contribution in [-0.2, 0) is 11.2 Å². The molecule has 0 saturated carbocycles. The summed E-state index contributed by atoms with van der Waals surface area (Å²) in [4.78, 5) is 23.5. The summed E-state index contributed by atoms with van der Waals surface area (Å²) in [7, 11) is 1.68. The van der Waals surface area contributed by atoms with Crippen molar-refractivity contribution in [3.05, 3.63) is 65.4 Å². The molecule has 1 N–H and O–H groups in total. The first-order valence-corrected chi connectivity index (χ1v) is 12.1. The molecule has 2 aliphatic heterocycles. The third-order valence-electron chi connectivity index (χ3n) is 6.67. The molecular weight excluding hydrogens is 424 g/mol. The van der Waals surface area contributed by atoms with E-state index < -0.39 is 0 Å². The predicted octanol–water partition coefficient (Wildman–Crippen LogP) is 4.94. The largest absolute Gasteiger partial charge is 0.496 e. The lowest BCUT2D eigenvalue weighted by molar-refractivity contribution is -0.131. The van der Waals surface area contributed by atoms with Gasteiger partial charge in [0.15, 0.2) is 0 Å². The van der Waals surface area contributed by atoms with Crippen LogP contribution in [0.3, 0.4) is 0 Å². The zero-order valence-electron chi connectivity index (χ0n) is 20.2. The van der Waals surface area contributed by atoms with Gasteiger partial charge in [-0.3, -0.25) is 9.79 Å². The second kappa shape index (κ2) is 11.6. The van der Waals surface area contributed by atoms with Crippen molar-refractivity contribution in [1.29, 1.82) is 0 Å². The van der Waals surface area contributed by atoms with Crippen molar-refractivity contribution in [2.45, 2.75) is 39.0 Å². The number of ether oxygens (including phenoxy) is 1. The topological polar surface area (TPSA) is 66.3 Å². The van der Waals surface area contributed by atoms with E-state index >= 15 is 0 Å². The highest BCUT2D eigenvalue weighted by molar-refractivity contribution is 6.14. The Hall–Kier alpha value is -3.41. The molecule has 2 aromatic carbocycles. The number of nitrogens with one attached hydrogen (secondary N) is 1. The van der Waals surface area contributed by atoms with Crippen LogP contribution in [0.2, 0.25) is 0 Å². The molecule has 2 heterocycles. The summed E-state index contributed by atoms with van der Waals surface area (Å²) in [6.45, 7) is 4.63. The summed E-state index contributed by atoms with van der Waals surface area (Å²) in [5.74, 6) is 1.64. The number of rotatable bonds is 9. The van der Waals surface area contributed by atoms with Crippen LogP contribution in [-0.4, -0.2) is 50.1 Å². The number of amides is 1. The van der Waals surface area contributed by atoms with Gasteiger partial charge in [-0.15, -0.1) is 0 Å². The molecule has 1 fully saturated rings. The van der Waals surface area contributed by atoms with Gasteiger partial charge in [0.1, 0.15) is 5.75 Å². The first kappa shape index (κ1) is 23.7. The van der Waals surface area contributed by atoms with Crippen LogP contribution in [0.4, 0.5) is 5.69 Å². The first-order chi connectivity index (χ1) is 16.6. The molecule has 0 bridgehead atoms. The predicted molar refractivity (Wildman–Crippen MR) is 139 cm³/mol. The lowest BCUT2D eigenvalue weighted by Crippen LogP contribution is -2.32. The van der Waals surface area contributed by atoms with Crippen molar-refractivity contribution in [1.82, 2.24) is 10.2 Å². The van der Waals surface area contributed by atoms with Crippen LogP contribution >= 0.6 is 0 Å². The van der Waals surface area contributed by atoms with Crippen molar-refractivity contribution in [3.63, 3.8) is 0 Å². The van der Waals surface area contributed by atoms with Crippen LogP contribution in [0.5, 0.6) is 5.75 Å². The fourth-order valence-electron chi connectivity index (χ4n) is 4.49. The summed E-state index contributed by atoms with van der Waals surface area (Å²) in [5, 5.41) is 3.39. The smallest absolute Gasteiger partial charge is 0.222 e. The molecule has 1 saturated heterocycles. The fraction of sp³-hybridized carbons (Fsp3) is 0.393. The number of para-hydroxylation sites is 1. The van der Waals surface area contributed by atoms with E-state index in [9.17, 15) is 4.79 Å². The van der Waals surface area contributed by atoms with E-state index in [1.54, 1.807) is 7.11 Å². The number of carbonyl (C=O) groups is 1. The molecule has 178 valence electrons. The number of hydrogen-bond acceptors (Lipinski definition) is 4. The highest BCUT2D eigenvalue weighted by atomic mass is 16.5. The molecule has 1 unspecified atom stereocenters. The summed E-state index contributed by atoms with van der Waals surface area (Å²) in [5.41, 5.74) is 5.50. The summed E-state index contributed by atoms with van der Waals surface area (Å²) >= 11 is 0. The van der Waals surface area contributed by atoms with Gasteiger partial charge in [0.2, 0.25) is 5.91 Å². The molecule has 1 amide bonds. The maximum Gasteiger partial charge on any atom is 0.222 e. The normalized spacial score (nSPS) is 17.8. The second-order valence-corrected chi connectivity index (χ2v) is 9.02. The van der Waals surface area contributed by atoms with Crippen molar-refractivity contribution in [3.8, 4) is 5.75 Å². The summed E-state index contributed by atoms with van der Waals surface area (Å²) in [6.07, 6.45) is 9.98. The van der Waals surface area contributed by atoms with Gasteiger partial charge in [-0.05, 0) is 67.3 Å². The summed E-state index contributed by atoms with van der Waals surface area (Å²) in [6, 6.07) is 14.2. The van der Waals surface area contributed by atoms with E-state index in [1.165, 1.54) is 0 Å². The molecule has 0 aliphatic carbocycles. The molecule has 0 aromatic heterocycles. The van der Waals surface area contributed by atoms with Crippen molar-refractivity contribution < 1.29 is 9.53 Å².